The van der Waals surface area contributed by atoms with Crippen LogP contribution in [0.25, 0.3) is 22.1 Å². The first-order valence-electron chi connectivity index (χ1n) is 8.23. The summed E-state index contributed by atoms with van der Waals surface area (Å²) in [5.74, 6) is 0.833. The van der Waals surface area contributed by atoms with Crippen LogP contribution >= 0.6 is 11.3 Å². The molecule has 0 saturated carbocycles. The van der Waals surface area contributed by atoms with Crippen LogP contribution in [0, 0.1) is 13.8 Å². The van der Waals surface area contributed by atoms with Gasteiger partial charge in [-0.05, 0) is 67.8 Å². The fourth-order valence-corrected chi connectivity index (χ4v) is 3.88. The van der Waals surface area contributed by atoms with Gasteiger partial charge in [-0.15, -0.1) is 0 Å². The maximum atomic E-state index is 12.9. The number of thiazole rings is 1. The Labute approximate surface area is 149 Å². The number of benzene rings is 2. The number of imidazole rings is 1. The van der Waals surface area contributed by atoms with Crippen molar-refractivity contribution >= 4 is 33.4 Å². The predicted octanol–water partition coefficient (Wildman–Crippen LogP) is 3.47. The molecule has 4 rings (SSSR count). The Kier molecular flexibility index (Phi) is 3.81. The predicted molar refractivity (Wildman–Crippen MR) is 103 cm³/mol. The van der Waals surface area contributed by atoms with Crippen LogP contribution in [0.2, 0.25) is 0 Å². The Morgan fingerprint density at radius 3 is 2.60 bits per heavy atom. The number of hydrogen-bond donors (Lipinski definition) is 0. The van der Waals surface area contributed by atoms with Crippen LogP contribution < -0.4 is 14.8 Å². The zero-order valence-electron chi connectivity index (χ0n) is 14.4. The van der Waals surface area contributed by atoms with Gasteiger partial charge in [0.05, 0.1) is 22.2 Å². The minimum absolute atomic E-state index is 0.0142. The third kappa shape index (κ3) is 2.70. The molecule has 0 spiro atoms. The molecule has 2 heterocycles. The SMILES string of the molecule is CCOc1ccc(C=c2sc3nc4cc(C)c(C)cc4n3c2=O)cc1. The van der Waals surface area contributed by atoms with Gasteiger partial charge in [0, 0.05) is 0 Å². The van der Waals surface area contributed by atoms with Gasteiger partial charge in [0.2, 0.25) is 0 Å². The van der Waals surface area contributed by atoms with E-state index < -0.39 is 0 Å². The fraction of sp³-hybridized carbons (Fsp3) is 0.200. The van der Waals surface area contributed by atoms with Crippen LogP contribution in [0.5, 0.6) is 5.75 Å². The van der Waals surface area contributed by atoms with Crippen molar-refractivity contribution in [1.29, 1.82) is 0 Å². The molecule has 0 radical (unpaired) electrons. The van der Waals surface area contributed by atoms with Crippen LogP contribution in [0.15, 0.2) is 41.2 Å². The smallest absolute Gasteiger partial charge is 0.274 e. The third-order valence-electron chi connectivity index (χ3n) is 4.34. The summed E-state index contributed by atoms with van der Waals surface area (Å²) < 4.78 is 7.85. The van der Waals surface area contributed by atoms with E-state index in [-0.39, 0.29) is 5.56 Å². The normalized spacial score (nSPS) is 12.4. The summed E-state index contributed by atoms with van der Waals surface area (Å²) in [6, 6.07) is 11.8. The van der Waals surface area contributed by atoms with Crippen molar-refractivity contribution in [3.8, 4) is 5.75 Å². The molecule has 0 saturated heterocycles. The maximum absolute atomic E-state index is 12.9. The molecule has 0 amide bonds. The van der Waals surface area contributed by atoms with E-state index in [0.717, 1.165) is 32.9 Å². The number of fused-ring (bicyclic) bond motifs is 3. The highest BCUT2D eigenvalue weighted by molar-refractivity contribution is 7.15. The summed E-state index contributed by atoms with van der Waals surface area (Å²) >= 11 is 1.42. The Morgan fingerprint density at radius 1 is 1.16 bits per heavy atom. The molecule has 0 N–H and O–H groups in total. The van der Waals surface area contributed by atoms with Crippen LogP contribution in [0.3, 0.4) is 0 Å². The largest absolute Gasteiger partial charge is 0.494 e. The van der Waals surface area contributed by atoms with Crippen LogP contribution in [-0.4, -0.2) is 16.0 Å². The second-order valence-corrected chi connectivity index (χ2v) is 7.08. The second-order valence-electron chi connectivity index (χ2n) is 6.07. The van der Waals surface area contributed by atoms with Gasteiger partial charge in [0.15, 0.2) is 4.96 Å². The minimum atomic E-state index is -0.0142. The summed E-state index contributed by atoms with van der Waals surface area (Å²) in [6.07, 6.45) is 1.91. The number of aromatic nitrogens is 2. The first-order valence-corrected chi connectivity index (χ1v) is 9.05. The van der Waals surface area contributed by atoms with E-state index in [4.69, 9.17) is 4.74 Å². The molecule has 2 aromatic heterocycles. The van der Waals surface area contributed by atoms with Gasteiger partial charge in [-0.2, -0.15) is 0 Å². The van der Waals surface area contributed by atoms with Crippen molar-refractivity contribution in [2.24, 2.45) is 0 Å². The zero-order valence-corrected chi connectivity index (χ0v) is 15.2. The van der Waals surface area contributed by atoms with Gasteiger partial charge in [-0.25, -0.2) is 9.38 Å². The fourth-order valence-electron chi connectivity index (χ4n) is 2.90. The number of hydrogen-bond acceptors (Lipinski definition) is 4. The van der Waals surface area contributed by atoms with Crippen molar-refractivity contribution in [1.82, 2.24) is 9.38 Å². The molecule has 0 unspecified atom stereocenters. The topological polar surface area (TPSA) is 43.6 Å². The average Bonchev–Trinajstić information content (AvgIpc) is 3.07. The molecule has 4 aromatic rings. The summed E-state index contributed by atoms with van der Waals surface area (Å²) in [7, 11) is 0. The lowest BCUT2D eigenvalue weighted by Gasteiger charge is -2.01. The molecular weight excluding hydrogens is 332 g/mol. The third-order valence-corrected chi connectivity index (χ3v) is 5.31. The lowest BCUT2D eigenvalue weighted by molar-refractivity contribution is 0.340. The summed E-state index contributed by atoms with van der Waals surface area (Å²) in [5, 5.41) is 0. The molecule has 2 aromatic carbocycles. The molecule has 4 nitrogen and oxygen atoms in total. The minimum Gasteiger partial charge on any atom is -0.494 e. The van der Waals surface area contributed by atoms with E-state index in [0.29, 0.717) is 11.1 Å². The van der Waals surface area contributed by atoms with E-state index in [1.807, 2.05) is 49.4 Å². The van der Waals surface area contributed by atoms with Gasteiger partial charge in [0.1, 0.15) is 5.75 Å². The molecule has 0 aliphatic carbocycles. The van der Waals surface area contributed by atoms with Crippen LogP contribution in [0.1, 0.15) is 23.6 Å². The summed E-state index contributed by atoms with van der Waals surface area (Å²) in [5.41, 5.74) is 5.06. The Hall–Kier alpha value is -2.66. The highest BCUT2D eigenvalue weighted by Gasteiger charge is 2.12. The zero-order chi connectivity index (χ0) is 17.6. The molecule has 25 heavy (non-hydrogen) atoms. The van der Waals surface area contributed by atoms with Gasteiger partial charge in [0.25, 0.3) is 5.56 Å². The monoisotopic (exact) mass is 350 g/mol. The van der Waals surface area contributed by atoms with Gasteiger partial charge < -0.3 is 4.74 Å². The van der Waals surface area contributed by atoms with E-state index in [9.17, 15) is 4.79 Å². The van der Waals surface area contributed by atoms with Crippen molar-refractivity contribution in [3.63, 3.8) is 0 Å². The van der Waals surface area contributed by atoms with Crippen molar-refractivity contribution < 1.29 is 4.74 Å². The Morgan fingerprint density at radius 2 is 1.88 bits per heavy atom. The quantitative estimate of drug-likeness (QED) is 0.568. The number of nitrogens with zero attached hydrogens (tertiary/aromatic N) is 2. The number of aryl methyl sites for hydroxylation is 2. The molecular formula is C20H18N2O2S. The lowest BCUT2D eigenvalue weighted by Crippen LogP contribution is -2.22. The molecule has 0 aliphatic heterocycles. The summed E-state index contributed by atoms with van der Waals surface area (Å²) in [6.45, 7) is 6.71. The Balaban J connectivity index is 1.87. The van der Waals surface area contributed by atoms with Crippen LogP contribution in [-0.2, 0) is 0 Å². The molecule has 126 valence electrons. The first kappa shape index (κ1) is 15.8. The van der Waals surface area contributed by atoms with Crippen LogP contribution in [0.4, 0.5) is 0 Å². The Bertz CT molecular complexity index is 1190. The number of ether oxygens (including phenoxy) is 1. The van der Waals surface area contributed by atoms with E-state index in [1.165, 1.54) is 16.9 Å². The molecule has 5 heteroatoms. The first-order chi connectivity index (χ1) is 12.1. The molecule has 0 fully saturated rings. The molecule has 0 aliphatic rings. The van der Waals surface area contributed by atoms with Crippen molar-refractivity contribution in [3.05, 3.63) is 68.0 Å². The lowest BCUT2D eigenvalue weighted by atomic mass is 10.1. The van der Waals surface area contributed by atoms with Gasteiger partial charge >= 0.3 is 0 Å². The van der Waals surface area contributed by atoms with Crippen molar-refractivity contribution in [2.45, 2.75) is 20.8 Å². The maximum Gasteiger partial charge on any atom is 0.274 e. The number of rotatable bonds is 3. The van der Waals surface area contributed by atoms with Crippen molar-refractivity contribution in [2.75, 3.05) is 6.61 Å². The second kappa shape index (κ2) is 6.01. The standard InChI is InChI=1S/C20H18N2O2S/c1-4-24-15-7-5-14(6-8-15)11-18-19(23)22-17-10-13(3)12(2)9-16(17)21-20(22)25-18/h5-11H,4H2,1-3H3. The molecule has 0 bridgehead atoms. The van der Waals surface area contributed by atoms with Gasteiger partial charge in [-0.3, -0.25) is 4.79 Å². The highest BCUT2D eigenvalue weighted by Crippen LogP contribution is 2.20. The van der Waals surface area contributed by atoms with E-state index in [2.05, 4.69) is 18.8 Å². The average molecular weight is 350 g/mol. The molecule has 0 atom stereocenters. The van der Waals surface area contributed by atoms with E-state index >= 15 is 0 Å². The van der Waals surface area contributed by atoms with Gasteiger partial charge in [-0.1, -0.05) is 23.5 Å². The summed E-state index contributed by atoms with van der Waals surface area (Å²) in [4.78, 5) is 18.2. The van der Waals surface area contributed by atoms with E-state index in [1.54, 1.807) is 4.40 Å². The highest BCUT2D eigenvalue weighted by atomic mass is 32.1.